The number of hydrogen-bond acceptors (Lipinski definition) is 8. The summed E-state index contributed by atoms with van der Waals surface area (Å²) in [5.74, 6) is -0.104. The molecule has 0 spiro atoms. The Labute approximate surface area is 117 Å². The van der Waals surface area contributed by atoms with E-state index in [0.717, 1.165) is 0 Å². The molecule has 2 aromatic heterocycles. The molecule has 10 nitrogen and oxygen atoms in total. The summed E-state index contributed by atoms with van der Waals surface area (Å²) in [5.41, 5.74) is 3.48. The number of nitrogen functional groups attached to an aromatic ring is 1. The normalized spacial score (nSPS) is 32.9. The highest BCUT2D eigenvalue weighted by atomic mass is 16.6. The minimum Gasteiger partial charge on any atom is -0.394 e. The van der Waals surface area contributed by atoms with Gasteiger partial charge in [0.25, 0.3) is 5.56 Å². The first kappa shape index (κ1) is 13.9. The van der Waals surface area contributed by atoms with Crippen molar-refractivity contribution in [3.05, 3.63) is 16.7 Å². The smallest absolute Gasteiger partial charge is 0.280 e. The van der Waals surface area contributed by atoms with E-state index in [9.17, 15) is 20.1 Å². The molecule has 0 aromatic carbocycles. The fourth-order valence-electron chi connectivity index (χ4n) is 2.43. The summed E-state index contributed by atoms with van der Waals surface area (Å²) in [6, 6.07) is 0. The van der Waals surface area contributed by atoms with Crippen LogP contribution in [0.4, 0.5) is 5.95 Å². The number of nitrogens with two attached hydrogens (primary N) is 1. The minimum atomic E-state index is -1.65. The number of H-pyrrole nitrogens is 1. The molecule has 0 bridgehead atoms. The van der Waals surface area contributed by atoms with Crippen molar-refractivity contribution < 1.29 is 20.1 Å². The number of fused-ring (bicyclic) bond motifs is 1. The maximum absolute atomic E-state index is 11.7. The fraction of sp³-hybridized carbons (Fsp3) is 0.545. The monoisotopic (exact) mass is 297 g/mol. The number of anilines is 1. The van der Waals surface area contributed by atoms with E-state index < -0.39 is 36.2 Å². The van der Waals surface area contributed by atoms with Crippen LogP contribution in [-0.2, 0) is 4.74 Å². The lowest BCUT2D eigenvalue weighted by Crippen LogP contribution is -2.46. The Morgan fingerprint density at radius 2 is 2.33 bits per heavy atom. The van der Waals surface area contributed by atoms with Crippen molar-refractivity contribution in [2.75, 3.05) is 12.3 Å². The lowest BCUT2D eigenvalue weighted by Gasteiger charge is -2.25. The summed E-state index contributed by atoms with van der Waals surface area (Å²) >= 11 is 0. The number of hydrogen-bond donors (Lipinski definition) is 5. The minimum absolute atomic E-state index is 0.0343. The third-order valence-corrected chi connectivity index (χ3v) is 3.72. The third kappa shape index (κ3) is 1.92. The van der Waals surface area contributed by atoms with E-state index in [2.05, 4.69) is 15.0 Å². The number of aromatic nitrogens is 4. The number of aliphatic hydroxyl groups excluding tert-OH is 2. The number of imidazole rings is 1. The van der Waals surface area contributed by atoms with E-state index in [1.807, 2.05) is 0 Å². The summed E-state index contributed by atoms with van der Waals surface area (Å²) in [7, 11) is 0. The third-order valence-electron chi connectivity index (χ3n) is 3.72. The van der Waals surface area contributed by atoms with Gasteiger partial charge >= 0.3 is 0 Å². The number of aliphatic hydroxyl groups is 3. The van der Waals surface area contributed by atoms with Crippen LogP contribution in [-0.4, -0.2) is 59.3 Å². The van der Waals surface area contributed by atoms with Gasteiger partial charge in [0, 0.05) is 0 Å². The quantitative estimate of drug-likeness (QED) is 0.414. The van der Waals surface area contributed by atoms with Crippen molar-refractivity contribution in [3.8, 4) is 0 Å². The molecule has 1 aliphatic rings. The van der Waals surface area contributed by atoms with Crippen LogP contribution in [0.15, 0.2) is 11.1 Å². The second kappa shape index (κ2) is 4.49. The number of rotatable bonds is 2. The SMILES string of the molecule is C[C@@]1(O)C(O)[C@H](n2cnc3c(=O)[nH]c(N)nc32)O[C@@H]1CO. The van der Waals surface area contributed by atoms with E-state index in [0.29, 0.717) is 0 Å². The van der Waals surface area contributed by atoms with Gasteiger partial charge in [-0.2, -0.15) is 4.98 Å². The molecule has 1 fully saturated rings. The first-order chi connectivity index (χ1) is 9.86. The van der Waals surface area contributed by atoms with Gasteiger partial charge in [0.15, 0.2) is 17.4 Å². The Hall–Kier alpha value is -2.01. The lowest BCUT2D eigenvalue weighted by molar-refractivity contribution is -0.0804. The van der Waals surface area contributed by atoms with Gasteiger partial charge in [-0.25, -0.2) is 4.98 Å². The van der Waals surface area contributed by atoms with Crippen LogP contribution in [0, 0.1) is 0 Å². The van der Waals surface area contributed by atoms with E-state index in [1.54, 1.807) is 0 Å². The molecule has 21 heavy (non-hydrogen) atoms. The van der Waals surface area contributed by atoms with Crippen LogP contribution >= 0.6 is 0 Å². The molecule has 1 aliphatic heterocycles. The summed E-state index contributed by atoms with van der Waals surface area (Å²) < 4.78 is 6.75. The molecular weight excluding hydrogens is 282 g/mol. The highest BCUT2D eigenvalue weighted by Gasteiger charge is 2.52. The molecule has 1 saturated heterocycles. The van der Waals surface area contributed by atoms with Crippen molar-refractivity contribution in [2.45, 2.75) is 31.0 Å². The molecule has 2 aromatic rings. The van der Waals surface area contributed by atoms with E-state index in [4.69, 9.17) is 10.5 Å². The second-order valence-electron chi connectivity index (χ2n) is 5.14. The molecule has 3 heterocycles. The van der Waals surface area contributed by atoms with Crippen molar-refractivity contribution in [1.29, 1.82) is 0 Å². The molecule has 0 saturated carbocycles. The van der Waals surface area contributed by atoms with Gasteiger partial charge in [0.2, 0.25) is 5.95 Å². The maximum Gasteiger partial charge on any atom is 0.280 e. The number of nitrogens with one attached hydrogen (secondary N) is 1. The molecule has 3 rings (SSSR count). The molecule has 114 valence electrons. The van der Waals surface area contributed by atoms with Gasteiger partial charge in [-0.05, 0) is 6.92 Å². The van der Waals surface area contributed by atoms with Crippen LogP contribution in [0.5, 0.6) is 0 Å². The van der Waals surface area contributed by atoms with Crippen LogP contribution in [0.1, 0.15) is 13.2 Å². The molecule has 6 N–H and O–H groups in total. The van der Waals surface area contributed by atoms with E-state index in [1.165, 1.54) is 17.8 Å². The number of aromatic amines is 1. The van der Waals surface area contributed by atoms with Crippen molar-refractivity contribution in [3.63, 3.8) is 0 Å². The Morgan fingerprint density at radius 3 is 2.95 bits per heavy atom. The average molecular weight is 297 g/mol. The van der Waals surface area contributed by atoms with E-state index in [-0.39, 0.29) is 17.1 Å². The van der Waals surface area contributed by atoms with Gasteiger partial charge in [0.1, 0.15) is 17.8 Å². The summed E-state index contributed by atoms with van der Waals surface area (Å²) in [4.78, 5) is 21.9. The highest BCUT2D eigenvalue weighted by Crippen LogP contribution is 2.37. The van der Waals surface area contributed by atoms with Gasteiger partial charge in [0.05, 0.1) is 12.9 Å². The molecule has 10 heteroatoms. The fourth-order valence-corrected chi connectivity index (χ4v) is 2.43. The zero-order valence-electron chi connectivity index (χ0n) is 11.1. The van der Waals surface area contributed by atoms with Gasteiger partial charge in [-0.3, -0.25) is 14.3 Å². The zero-order chi connectivity index (χ0) is 15.4. The molecule has 0 radical (unpaired) electrons. The van der Waals surface area contributed by atoms with Gasteiger partial charge in [-0.1, -0.05) is 0 Å². The summed E-state index contributed by atoms with van der Waals surface area (Å²) in [6.45, 7) is 0.885. The standard InChI is InChI=1S/C11H15N5O5/c1-11(20)4(2-17)21-9(6(11)18)16-3-13-5-7(16)14-10(12)15-8(5)19/h3-4,6,9,17-18,20H,2H2,1H3,(H3,12,14,15,19)/t4-,6?,9-,11+/m1/s1. The molecule has 0 amide bonds. The van der Waals surface area contributed by atoms with Crippen molar-refractivity contribution in [1.82, 2.24) is 19.5 Å². The number of nitrogens with zero attached hydrogens (tertiary/aromatic N) is 3. The predicted octanol–water partition coefficient (Wildman–Crippen LogP) is -2.30. The lowest BCUT2D eigenvalue weighted by atomic mass is 9.95. The second-order valence-corrected chi connectivity index (χ2v) is 5.14. The van der Waals surface area contributed by atoms with Crippen LogP contribution in [0.25, 0.3) is 11.2 Å². The highest BCUT2D eigenvalue weighted by molar-refractivity contribution is 5.70. The Bertz CT molecular complexity index is 738. The van der Waals surface area contributed by atoms with Crippen LogP contribution < -0.4 is 11.3 Å². The van der Waals surface area contributed by atoms with Crippen LogP contribution in [0.2, 0.25) is 0 Å². The molecular formula is C11H15N5O5. The molecule has 4 atom stereocenters. The molecule has 1 unspecified atom stereocenters. The van der Waals surface area contributed by atoms with Crippen LogP contribution in [0.3, 0.4) is 0 Å². The summed E-state index contributed by atoms with van der Waals surface area (Å²) in [6.07, 6.45) is -2.10. The van der Waals surface area contributed by atoms with Gasteiger partial charge in [-0.15, -0.1) is 0 Å². The maximum atomic E-state index is 11.7. The Morgan fingerprint density at radius 1 is 1.62 bits per heavy atom. The number of ether oxygens (including phenoxy) is 1. The van der Waals surface area contributed by atoms with Gasteiger partial charge < -0.3 is 25.8 Å². The average Bonchev–Trinajstić information content (AvgIpc) is 2.91. The zero-order valence-corrected chi connectivity index (χ0v) is 11.1. The Balaban J connectivity index is 2.12. The first-order valence-corrected chi connectivity index (χ1v) is 6.25. The first-order valence-electron chi connectivity index (χ1n) is 6.25. The van der Waals surface area contributed by atoms with Crippen molar-refractivity contribution in [2.24, 2.45) is 0 Å². The topological polar surface area (TPSA) is 160 Å². The summed E-state index contributed by atoms with van der Waals surface area (Å²) in [5, 5.41) is 29.6. The van der Waals surface area contributed by atoms with E-state index >= 15 is 0 Å². The largest absolute Gasteiger partial charge is 0.394 e. The van der Waals surface area contributed by atoms with Crippen molar-refractivity contribution >= 4 is 17.1 Å². The predicted molar refractivity (Wildman–Crippen MR) is 70.2 cm³/mol. The molecule has 0 aliphatic carbocycles. The Kier molecular flexibility index (Phi) is 2.99.